The smallest absolute Gasteiger partial charge is 0.287 e. The lowest BCUT2D eigenvalue weighted by atomic mass is 10.3. The second kappa shape index (κ2) is 3.25. The predicted octanol–water partition coefficient (Wildman–Crippen LogP) is 1.38. The topological polar surface area (TPSA) is 84.7 Å². The highest BCUT2D eigenvalue weighted by Gasteiger charge is 2.06. The van der Waals surface area contributed by atoms with Crippen LogP contribution in [0.1, 0.15) is 0 Å². The lowest BCUT2D eigenvalue weighted by molar-refractivity contribution is -0.385. The largest absolute Gasteiger partial charge is 0.343 e. The van der Waals surface area contributed by atoms with Crippen LogP contribution in [-0.2, 0) is 0 Å². The highest BCUT2D eigenvalue weighted by molar-refractivity contribution is 5.53. The molecule has 0 aromatic carbocycles. The van der Waals surface area contributed by atoms with Crippen molar-refractivity contribution in [3.05, 3.63) is 41.0 Å². The Hall–Kier alpha value is -2.24. The van der Waals surface area contributed by atoms with Crippen LogP contribution in [0, 0.1) is 10.1 Å². The minimum absolute atomic E-state index is 0.0201. The van der Waals surface area contributed by atoms with Crippen molar-refractivity contribution in [3.8, 4) is 11.4 Å². The van der Waals surface area contributed by atoms with Crippen molar-refractivity contribution in [2.24, 2.45) is 0 Å². The molecular weight excluding hydrogens is 184 g/mol. The van der Waals surface area contributed by atoms with Crippen LogP contribution >= 0.6 is 0 Å². The summed E-state index contributed by atoms with van der Waals surface area (Å²) in [5.74, 6) is 0. The monoisotopic (exact) mass is 190 g/mol. The van der Waals surface area contributed by atoms with E-state index < -0.39 is 4.92 Å². The number of hydrogen-bond donors (Lipinski definition) is 1. The number of nitro groups is 1. The number of nitrogens with one attached hydrogen (secondary N) is 1. The average molecular weight is 190 g/mol. The second-order valence-corrected chi connectivity index (χ2v) is 2.62. The molecule has 2 heterocycles. The summed E-state index contributed by atoms with van der Waals surface area (Å²) in [5, 5.41) is 10.3. The third-order valence-electron chi connectivity index (χ3n) is 1.73. The van der Waals surface area contributed by atoms with Gasteiger partial charge in [0.05, 0.1) is 28.8 Å². The van der Waals surface area contributed by atoms with Crippen molar-refractivity contribution in [2.75, 3.05) is 0 Å². The van der Waals surface area contributed by atoms with E-state index in [9.17, 15) is 10.1 Å². The van der Waals surface area contributed by atoms with E-state index in [0.717, 1.165) is 5.69 Å². The van der Waals surface area contributed by atoms with Gasteiger partial charge in [0.25, 0.3) is 5.69 Å². The van der Waals surface area contributed by atoms with Gasteiger partial charge < -0.3 is 4.98 Å². The summed E-state index contributed by atoms with van der Waals surface area (Å²) in [5.41, 5.74) is 1.35. The van der Waals surface area contributed by atoms with Crippen LogP contribution in [-0.4, -0.2) is 19.9 Å². The van der Waals surface area contributed by atoms with Gasteiger partial charge in [-0.15, -0.1) is 0 Å². The summed E-state index contributed by atoms with van der Waals surface area (Å²) in [6.07, 6.45) is 4.35. The molecule has 0 aliphatic rings. The van der Waals surface area contributed by atoms with Crippen molar-refractivity contribution < 1.29 is 4.92 Å². The summed E-state index contributed by atoms with van der Waals surface area (Å²) in [7, 11) is 0. The van der Waals surface area contributed by atoms with Crippen molar-refractivity contribution in [1.29, 1.82) is 0 Å². The normalized spacial score (nSPS) is 10.0. The zero-order chi connectivity index (χ0) is 9.97. The van der Waals surface area contributed by atoms with E-state index in [-0.39, 0.29) is 5.69 Å². The van der Waals surface area contributed by atoms with Crippen LogP contribution in [0.25, 0.3) is 11.4 Å². The third-order valence-corrected chi connectivity index (χ3v) is 1.73. The lowest BCUT2D eigenvalue weighted by Crippen LogP contribution is -1.90. The molecule has 0 unspecified atom stereocenters. The fourth-order valence-electron chi connectivity index (χ4n) is 1.05. The molecule has 70 valence electrons. The minimum atomic E-state index is -0.482. The number of pyridine rings is 1. The Bertz CT molecular complexity index is 435. The van der Waals surface area contributed by atoms with Crippen LogP contribution in [0.15, 0.2) is 30.9 Å². The van der Waals surface area contributed by atoms with Gasteiger partial charge >= 0.3 is 0 Å². The number of rotatable bonds is 2. The Balaban J connectivity index is 2.36. The summed E-state index contributed by atoms with van der Waals surface area (Å²) in [6, 6.07) is 2.98. The van der Waals surface area contributed by atoms with Crippen LogP contribution in [0.2, 0.25) is 0 Å². The van der Waals surface area contributed by atoms with E-state index in [4.69, 9.17) is 0 Å². The molecule has 0 amide bonds. The second-order valence-electron chi connectivity index (χ2n) is 2.62. The Labute approximate surface area is 78.8 Å². The SMILES string of the molecule is O=[N+]([O-])c1ccc(-c2cnc[nH]2)nc1. The van der Waals surface area contributed by atoms with E-state index in [1.54, 1.807) is 12.3 Å². The fourth-order valence-corrected chi connectivity index (χ4v) is 1.05. The highest BCUT2D eigenvalue weighted by atomic mass is 16.6. The maximum Gasteiger partial charge on any atom is 0.287 e. The van der Waals surface area contributed by atoms with Crippen LogP contribution in [0.4, 0.5) is 5.69 Å². The van der Waals surface area contributed by atoms with Crippen molar-refractivity contribution in [2.45, 2.75) is 0 Å². The van der Waals surface area contributed by atoms with Gasteiger partial charge in [-0.1, -0.05) is 0 Å². The van der Waals surface area contributed by atoms with Crippen LogP contribution < -0.4 is 0 Å². The molecule has 0 atom stereocenters. The maximum absolute atomic E-state index is 10.3. The Morgan fingerprint density at radius 1 is 1.36 bits per heavy atom. The van der Waals surface area contributed by atoms with E-state index in [2.05, 4.69) is 15.0 Å². The zero-order valence-electron chi connectivity index (χ0n) is 7.04. The Morgan fingerprint density at radius 2 is 2.21 bits per heavy atom. The van der Waals surface area contributed by atoms with E-state index in [0.29, 0.717) is 5.69 Å². The van der Waals surface area contributed by atoms with Crippen LogP contribution in [0.3, 0.4) is 0 Å². The quantitative estimate of drug-likeness (QED) is 0.572. The molecule has 0 bridgehead atoms. The standard InChI is InChI=1S/C8H6N4O2/c13-12(14)6-1-2-7(10-3-6)8-4-9-5-11-8/h1-5H,(H,9,11). The van der Waals surface area contributed by atoms with Crippen molar-refractivity contribution >= 4 is 5.69 Å². The van der Waals surface area contributed by atoms with Gasteiger partial charge in [0.2, 0.25) is 0 Å². The van der Waals surface area contributed by atoms with Gasteiger partial charge in [0.1, 0.15) is 6.20 Å². The molecule has 0 saturated carbocycles. The number of hydrogen-bond acceptors (Lipinski definition) is 4. The molecule has 0 aliphatic heterocycles. The summed E-state index contributed by atoms with van der Waals surface area (Å²) < 4.78 is 0. The molecule has 1 N–H and O–H groups in total. The van der Waals surface area contributed by atoms with Crippen LogP contribution in [0.5, 0.6) is 0 Å². The molecule has 14 heavy (non-hydrogen) atoms. The molecule has 0 radical (unpaired) electrons. The average Bonchev–Trinajstić information content (AvgIpc) is 2.71. The molecule has 0 spiro atoms. The number of imidazole rings is 1. The van der Waals surface area contributed by atoms with Gasteiger partial charge in [-0.3, -0.25) is 10.1 Å². The molecule has 0 saturated heterocycles. The van der Waals surface area contributed by atoms with Gasteiger partial charge in [0, 0.05) is 6.07 Å². The Kier molecular flexibility index (Phi) is 1.94. The third kappa shape index (κ3) is 1.45. The number of H-pyrrole nitrogens is 1. The van der Waals surface area contributed by atoms with Gasteiger partial charge in [-0.25, -0.2) is 9.97 Å². The zero-order valence-corrected chi connectivity index (χ0v) is 7.04. The molecule has 6 heteroatoms. The first-order valence-electron chi connectivity index (χ1n) is 3.86. The van der Waals surface area contributed by atoms with E-state index in [1.165, 1.54) is 18.6 Å². The molecule has 0 fully saturated rings. The Morgan fingerprint density at radius 3 is 2.71 bits per heavy atom. The first-order valence-corrected chi connectivity index (χ1v) is 3.86. The van der Waals surface area contributed by atoms with Gasteiger partial charge in [-0.2, -0.15) is 0 Å². The minimum Gasteiger partial charge on any atom is -0.343 e. The maximum atomic E-state index is 10.3. The number of nitrogens with zero attached hydrogens (tertiary/aromatic N) is 3. The first kappa shape index (κ1) is 8.36. The molecule has 6 nitrogen and oxygen atoms in total. The highest BCUT2D eigenvalue weighted by Crippen LogP contribution is 2.16. The number of aromatic amines is 1. The first-order chi connectivity index (χ1) is 6.77. The number of aromatic nitrogens is 3. The van der Waals surface area contributed by atoms with E-state index in [1.807, 2.05) is 0 Å². The molecule has 2 aromatic rings. The summed E-state index contributed by atoms with van der Waals surface area (Å²) >= 11 is 0. The van der Waals surface area contributed by atoms with Crippen molar-refractivity contribution in [1.82, 2.24) is 15.0 Å². The lowest BCUT2D eigenvalue weighted by Gasteiger charge is -1.94. The van der Waals surface area contributed by atoms with Gasteiger partial charge in [-0.05, 0) is 6.07 Å². The predicted molar refractivity (Wildman–Crippen MR) is 48.5 cm³/mol. The fraction of sp³-hybridized carbons (Fsp3) is 0. The molecule has 2 aromatic heterocycles. The molecular formula is C8H6N4O2. The molecule has 2 rings (SSSR count). The van der Waals surface area contributed by atoms with Crippen molar-refractivity contribution in [3.63, 3.8) is 0 Å². The summed E-state index contributed by atoms with van der Waals surface area (Å²) in [6.45, 7) is 0. The van der Waals surface area contributed by atoms with E-state index >= 15 is 0 Å². The van der Waals surface area contributed by atoms with Gasteiger partial charge in [0.15, 0.2) is 0 Å². The summed E-state index contributed by atoms with van der Waals surface area (Å²) in [4.78, 5) is 20.5. The molecule has 0 aliphatic carbocycles.